The summed E-state index contributed by atoms with van der Waals surface area (Å²) in [5.74, 6) is 0.968. The summed E-state index contributed by atoms with van der Waals surface area (Å²) >= 11 is 5.28. The molecule has 2 rings (SSSR count). The van der Waals surface area contributed by atoms with E-state index in [-0.39, 0.29) is 0 Å². The van der Waals surface area contributed by atoms with Crippen LogP contribution in [0.4, 0.5) is 0 Å². The van der Waals surface area contributed by atoms with Crippen LogP contribution in [0.2, 0.25) is 0 Å². The van der Waals surface area contributed by atoms with Crippen LogP contribution in [0, 0.1) is 0 Å². The highest BCUT2D eigenvalue weighted by Crippen LogP contribution is 2.27. The van der Waals surface area contributed by atoms with E-state index in [1.54, 1.807) is 18.4 Å². The number of methoxy groups -OCH3 is 1. The van der Waals surface area contributed by atoms with Crippen molar-refractivity contribution in [1.82, 2.24) is 5.32 Å². The molecule has 0 aliphatic rings. The summed E-state index contributed by atoms with van der Waals surface area (Å²) in [7, 11) is 1.72. The van der Waals surface area contributed by atoms with Crippen molar-refractivity contribution in [2.45, 2.75) is 19.4 Å². The van der Waals surface area contributed by atoms with Crippen LogP contribution in [0.3, 0.4) is 0 Å². The van der Waals surface area contributed by atoms with Crippen molar-refractivity contribution in [1.29, 1.82) is 0 Å². The topological polar surface area (TPSA) is 21.3 Å². The molecule has 0 radical (unpaired) electrons. The molecular weight excluding hydrogens is 322 g/mol. The fourth-order valence-electron chi connectivity index (χ4n) is 1.99. The molecule has 1 unspecified atom stereocenters. The Labute approximate surface area is 126 Å². The van der Waals surface area contributed by atoms with Crippen LogP contribution in [-0.2, 0) is 6.42 Å². The van der Waals surface area contributed by atoms with Crippen LogP contribution in [0.5, 0.6) is 5.75 Å². The lowest BCUT2D eigenvalue weighted by Gasteiger charge is -2.13. The molecular formula is C15H18BrNOS. The largest absolute Gasteiger partial charge is 0.496 e. The Hall–Kier alpha value is -0.840. The standard InChI is InChI=1S/C15H18BrNOS/c1-11(14-7-8-15(16)19-14)17-10-9-12-5-3-4-6-13(12)18-2/h3-8,11,17H,9-10H2,1-2H3. The highest BCUT2D eigenvalue weighted by atomic mass is 79.9. The van der Waals surface area contributed by atoms with E-state index in [9.17, 15) is 0 Å². The first-order chi connectivity index (χ1) is 9.20. The molecule has 0 aliphatic heterocycles. The highest BCUT2D eigenvalue weighted by Gasteiger charge is 2.08. The van der Waals surface area contributed by atoms with E-state index in [0.717, 1.165) is 18.7 Å². The Balaban J connectivity index is 1.86. The van der Waals surface area contributed by atoms with Gasteiger partial charge in [-0.2, -0.15) is 0 Å². The number of ether oxygens (including phenoxy) is 1. The van der Waals surface area contributed by atoms with Gasteiger partial charge < -0.3 is 10.1 Å². The molecule has 102 valence electrons. The van der Waals surface area contributed by atoms with Gasteiger partial charge in [0.15, 0.2) is 0 Å². The van der Waals surface area contributed by atoms with Crippen molar-refractivity contribution in [3.8, 4) is 5.75 Å². The van der Waals surface area contributed by atoms with Gasteiger partial charge in [0.2, 0.25) is 0 Å². The van der Waals surface area contributed by atoms with Crippen molar-refractivity contribution in [3.63, 3.8) is 0 Å². The minimum atomic E-state index is 0.381. The number of rotatable bonds is 6. The van der Waals surface area contributed by atoms with Crippen molar-refractivity contribution >= 4 is 27.3 Å². The van der Waals surface area contributed by atoms with Crippen LogP contribution in [-0.4, -0.2) is 13.7 Å². The van der Waals surface area contributed by atoms with E-state index in [4.69, 9.17) is 4.74 Å². The number of hydrogen-bond acceptors (Lipinski definition) is 3. The molecule has 0 fully saturated rings. The Morgan fingerprint density at radius 1 is 1.26 bits per heavy atom. The van der Waals surface area contributed by atoms with Crippen molar-refractivity contribution in [2.75, 3.05) is 13.7 Å². The number of benzene rings is 1. The van der Waals surface area contributed by atoms with Gasteiger partial charge in [0.1, 0.15) is 5.75 Å². The molecule has 0 bridgehead atoms. The molecule has 4 heteroatoms. The third-order valence-corrected chi connectivity index (χ3v) is 4.86. The van der Waals surface area contributed by atoms with E-state index >= 15 is 0 Å². The van der Waals surface area contributed by atoms with Gasteiger partial charge in [0, 0.05) is 10.9 Å². The Morgan fingerprint density at radius 2 is 2.05 bits per heavy atom. The SMILES string of the molecule is COc1ccccc1CCNC(C)c1ccc(Br)s1. The van der Waals surface area contributed by atoms with E-state index in [1.807, 2.05) is 12.1 Å². The molecule has 0 aliphatic carbocycles. The third kappa shape index (κ3) is 4.06. The maximum Gasteiger partial charge on any atom is 0.122 e. The average molecular weight is 340 g/mol. The van der Waals surface area contributed by atoms with E-state index in [0.29, 0.717) is 6.04 Å². The maximum absolute atomic E-state index is 5.36. The first-order valence-electron chi connectivity index (χ1n) is 6.31. The molecule has 2 aromatic rings. The van der Waals surface area contributed by atoms with E-state index < -0.39 is 0 Å². The molecule has 0 saturated carbocycles. The number of halogens is 1. The van der Waals surface area contributed by atoms with Gasteiger partial charge >= 0.3 is 0 Å². The number of thiophene rings is 1. The number of nitrogens with one attached hydrogen (secondary N) is 1. The maximum atomic E-state index is 5.36. The Kier molecular flexibility index (Phi) is 5.43. The fourth-order valence-corrected chi connectivity index (χ4v) is 3.44. The van der Waals surface area contributed by atoms with Crippen LogP contribution in [0.25, 0.3) is 0 Å². The molecule has 0 saturated heterocycles. The molecule has 1 N–H and O–H groups in total. The normalized spacial score (nSPS) is 12.4. The molecule has 19 heavy (non-hydrogen) atoms. The second-order valence-corrected chi connectivity index (χ2v) is 6.87. The summed E-state index contributed by atoms with van der Waals surface area (Å²) < 4.78 is 6.54. The smallest absolute Gasteiger partial charge is 0.122 e. The van der Waals surface area contributed by atoms with E-state index in [1.165, 1.54) is 14.2 Å². The van der Waals surface area contributed by atoms with Gasteiger partial charge in [-0.1, -0.05) is 18.2 Å². The molecule has 0 amide bonds. The lowest BCUT2D eigenvalue weighted by molar-refractivity contribution is 0.408. The second kappa shape index (κ2) is 7.08. The Morgan fingerprint density at radius 3 is 2.74 bits per heavy atom. The first kappa shape index (κ1) is 14.6. The van der Waals surface area contributed by atoms with E-state index in [2.05, 4.69) is 52.4 Å². The average Bonchev–Trinajstić information content (AvgIpc) is 2.86. The lowest BCUT2D eigenvalue weighted by Crippen LogP contribution is -2.20. The zero-order valence-electron chi connectivity index (χ0n) is 11.2. The number of hydrogen-bond donors (Lipinski definition) is 1. The van der Waals surface area contributed by atoms with Gasteiger partial charge in [-0.25, -0.2) is 0 Å². The monoisotopic (exact) mass is 339 g/mol. The molecule has 0 spiro atoms. The van der Waals surface area contributed by atoms with Gasteiger partial charge in [-0.05, 0) is 59.6 Å². The van der Waals surface area contributed by atoms with Crippen LogP contribution in [0.1, 0.15) is 23.4 Å². The van der Waals surface area contributed by atoms with Crippen LogP contribution < -0.4 is 10.1 Å². The van der Waals surface area contributed by atoms with Crippen molar-refractivity contribution < 1.29 is 4.74 Å². The summed E-state index contributed by atoms with van der Waals surface area (Å²) in [5.41, 5.74) is 1.25. The highest BCUT2D eigenvalue weighted by molar-refractivity contribution is 9.11. The summed E-state index contributed by atoms with van der Waals surface area (Å²) in [6.07, 6.45) is 0.973. The molecule has 1 atom stereocenters. The van der Waals surface area contributed by atoms with Gasteiger partial charge in [0.25, 0.3) is 0 Å². The van der Waals surface area contributed by atoms with Crippen LogP contribution in [0.15, 0.2) is 40.2 Å². The summed E-state index contributed by atoms with van der Waals surface area (Å²) in [6, 6.07) is 12.8. The van der Waals surface area contributed by atoms with Gasteiger partial charge in [0.05, 0.1) is 10.9 Å². The fraction of sp³-hybridized carbons (Fsp3) is 0.333. The van der Waals surface area contributed by atoms with Crippen molar-refractivity contribution in [3.05, 3.63) is 50.6 Å². The zero-order chi connectivity index (χ0) is 13.7. The van der Waals surface area contributed by atoms with Gasteiger partial charge in [-0.15, -0.1) is 11.3 Å². The quantitative estimate of drug-likeness (QED) is 0.841. The van der Waals surface area contributed by atoms with Gasteiger partial charge in [-0.3, -0.25) is 0 Å². The molecule has 2 nitrogen and oxygen atoms in total. The summed E-state index contributed by atoms with van der Waals surface area (Å²) in [6.45, 7) is 3.14. The van der Waals surface area contributed by atoms with Crippen molar-refractivity contribution in [2.24, 2.45) is 0 Å². The minimum Gasteiger partial charge on any atom is -0.496 e. The Bertz CT molecular complexity index is 526. The predicted octanol–water partition coefficient (Wildman–Crippen LogP) is 4.41. The van der Waals surface area contributed by atoms with Crippen LogP contribution >= 0.6 is 27.3 Å². The number of para-hydroxylation sites is 1. The molecule has 1 aromatic heterocycles. The zero-order valence-corrected chi connectivity index (χ0v) is 13.6. The molecule has 1 heterocycles. The third-order valence-electron chi connectivity index (χ3n) is 3.06. The summed E-state index contributed by atoms with van der Waals surface area (Å²) in [4.78, 5) is 1.35. The predicted molar refractivity (Wildman–Crippen MR) is 85.1 cm³/mol. The lowest BCUT2D eigenvalue weighted by atomic mass is 10.1. The summed E-state index contributed by atoms with van der Waals surface area (Å²) in [5, 5.41) is 3.55. The second-order valence-electron chi connectivity index (χ2n) is 4.38. The first-order valence-corrected chi connectivity index (χ1v) is 7.92. The molecule has 1 aromatic carbocycles. The minimum absolute atomic E-state index is 0.381.